The Morgan fingerprint density at radius 3 is 2.84 bits per heavy atom. The van der Waals surface area contributed by atoms with E-state index in [-0.39, 0.29) is 5.91 Å². The Balaban J connectivity index is 2.49. The van der Waals surface area contributed by atoms with Gasteiger partial charge in [-0.1, -0.05) is 0 Å². The van der Waals surface area contributed by atoms with Crippen molar-refractivity contribution in [2.24, 2.45) is 0 Å². The summed E-state index contributed by atoms with van der Waals surface area (Å²) in [5.41, 5.74) is -0.676. The summed E-state index contributed by atoms with van der Waals surface area (Å²) in [6.45, 7) is 4.99. The van der Waals surface area contributed by atoms with Gasteiger partial charge >= 0.3 is 0 Å². The van der Waals surface area contributed by atoms with Crippen LogP contribution in [0, 0.1) is 0 Å². The van der Waals surface area contributed by atoms with Crippen LogP contribution in [0.4, 0.5) is 11.6 Å². The van der Waals surface area contributed by atoms with Gasteiger partial charge in [0.2, 0.25) is 11.7 Å². The fraction of sp³-hybridized carbons (Fsp3) is 0.583. The van der Waals surface area contributed by atoms with E-state index in [0.717, 1.165) is 0 Å². The Morgan fingerprint density at radius 2 is 2.21 bits per heavy atom. The Bertz CT molecular complexity index is 489. The molecule has 0 saturated carbocycles. The zero-order valence-electron chi connectivity index (χ0n) is 11.6. The highest BCUT2D eigenvalue weighted by atomic mass is 16.5. The zero-order valence-corrected chi connectivity index (χ0v) is 11.6. The number of carbonyl (C=O) groups excluding carboxylic acids is 1. The topological polar surface area (TPSA) is 79.4 Å². The molecule has 1 saturated heterocycles. The molecule has 0 atom stereocenters. The van der Waals surface area contributed by atoms with E-state index in [2.05, 4.69) is 20.6 Å². The van der Waals surface area contributed by atoms with Crippen molar-refractivity contribution in [1.29, 1.82) is 0 Å². The van der Waals surface area contributed by atoms with Crippen molar-refractivity contribution in [3.63, 3.8) is 0 Å². The van der Waals surface area contributed by atoms with Crippen LogP contribution in [-0.4, -0.2) is 48.7 Å². The van der Waals surface area contributed by atoms with Gasteiger partial charge in [-0.3, -0.25) is 4.79 Å². The lowest BCUT2D eigenvalue weighted by molar-refractivity contribution is -0.126. The maximum absolute atomic E-state index is 12.0. The predicted molar refractivity (Wildman–Crippen MR) is 72.6 cm³/mol. The minimum absolute atomic E-state index is 0.0228. The number of aromatic nitrogens is 2. The van der Waals surface area contributed by atoms with E-state index in [1.165, 1.54) is 6.33 Å². The van der Waals surface area contributed by atoms with Crippen LogP contribution in [0.25, 0.3) is 0 Å². The monoisotopic (exact) mass is 265 g/mol. The molecule has 1 aliphatic heterocycles. The number of ether oxygens (including phenoxy) is 1. The normalized spacial score (nSPS) is 17.9. The largest absolute Gasteiger partial charge is 0.490 e. The van der Waals surface area contributed by atoms with Crippen molar-refractivity contribution in [2.75, 3.05) is 37.5 Å². The third kappa shape index (κ3) is 2.16. The molecule has 2 N–H and O–H groups in total. The van der Waals surface area contributed by atoms with Crippen molar-refractivity contribution in [1.82, 2.24) is 15.3 Å². The van der Waals surface area contributed by atoms with E-state index in [0.29, 0.717) is 30.5 Å². The lowest BCUT2D eigenvalue weighted by Crippen LogP contribution is -2.62. The Kier molecular flexibility index (Phi) is 3.46. The summed E-state index contributed by atoms with van der Waals surface area (Å²) in [5.74, 6) is 1.76. The van der Waals surface area contributed by atoms with Crippen LogP contribution < -0.4 is 20.3 Å². The zero-order chi connectivity index (χ0) is 14.0. The molecule has 1 aliphatic rings. The second-order valence-corrected chi connectivity index (χ2v) is 4.80. The number of methoxy groups -OCH3 is 1. The summed E-state index contributed by atoms with van der Waals surface area (Å²) in [4.78, 5) is 22.3. The van der Waals surface area contributed by atoms with Crippen LogP contribution >= 0.6 is 0 Å². The van der Waals surface area contributed by atoms with Gasteiger partial charge in [-0.15, -0.1) is 0 Å². The second kappa shape index (κ2) is 4.91. The number of rotatable bonds is 3. The maximum Gasteiger partial charge on any atom is 0.245 e. The molecule has 0 spiro atoms. The first kappa shape index (κ1) is 13.4. The molecule has 2 rings (SSSR count). The highest BCUT2D eigenvalue weighted by Gasteiger charge is 2.40. The molecule has 2 heterocycles. The highest BCUT2D eigenvalue weighted by Crippen LogP contribution is 2.35. The van der Waals surface area contributed by atoms with E-state index in [1.54, 1.807) is 14.2 Å². The number of hydrogen-bond donors (Lipinski definition) is 2. The van der Waals surface area contributed by atoms with E-state index >= 15 is 0 Å². The summed E-state index contributed by atoms with van der Waals surface area (Å²) in [5, 5.41) is 5.82. The van der Waals surface area contributed by atoms with Crippen LogP contribution in [0.3, 0.4) is 0 Å². The fourth-order valence-electron chi connectivity index (χ4n) is 2.19. The molecular formula is C12H19N5O2. The maximum atomic E-state index is 12.0. The molecule has 1 fully saturated rings. The standard InChI is InChI=1S/C12H19N5O2/c1-12(2)11(18)14-5-6-17(12)10-8(19-4)9(13-3)15-7-16-10/h7H,5-6H2,1-4H3,(H,14,18)(H,13,15,16). The van der Waals surface area contributed by atoms with Gasteiger partial charge < -0.3 is 20.3 Å². The lowest BCUT2D eigenvalue weighted by Gasteiger charge is -2.42. The third-order valence-electron chi connectivity index (χ3n) is 3.33. The summed E-state index contributed by atoms with van der Waals surface area (Å²) in [6.07, 6.45) is 1.46. The van der Waals surface area contributed by atoms with Gasteiger partial charge in [0.25, 0.3) is 0 Å². The van der Waals surface area contributed by atoms with Gasteiger partial charge in [0.15, 0.2) is 11.6 Å². The van der Waals surface area contributed by atoms with Crippen molar-refractivity contribution in [2.45, 2.75) is 19.4 Å². The van der Waals surface area contributed by atoms with E-state index in [4.69, 9.17) is 4.74 Å². The van der Waals surface area contributed by atoms with Crippen LogP contribution in [0.5, 0.6) is 5.75 Å². The second-order valence-electron chi connectivity index (χ2n) is 4.80. The summed E-state index contributed by atoms with van der Waals surface area (Å²) in [7, 11) is 3.34. The average Bonchev–Trinajstić information content (AvgIpc) is 2.40. The number of nitrogens with zero attached hydrogens (tertiary/aromatic N) is 3. The highest BCUT2D eigenvalue weighted by molar-refractivity contribution is 5.90. The number of hydrogen-bond acceptors (Lipinski definition) is 6. The molecule has 0 aliphatic carbocycles. The predicted octanol–water partition coefficient (Wildman–Crippen LogP) is 0.242. The molecule has 7 nitrogen and oxygen atoms in total. The molecule has 1 amide bonds. The summed E-state index contributed by atoms with van der Waals surface area (Å²) in [6, 6.07) is 0. The number of nitrogens with one attached hydrogen (secondary N) is 2. The SMILES string of the molecule is CNc1ncnc(N2CCNC(=O)C2(C)C)c1OC. The molecule has 104 valence electrons. The number of amides is 1. The average molecular weight is 265 g/mol. The van der Waals surface area contributed by atoms with E-state index in [1.807, 2.05) is 18.7 Å². The third-order valence-corrected chi connectivity index (χ3v) is 3.33. The van der Waals surface area contributed by atoms with Gasteiger partial charge in [-0.2, -0.15) is 0 Å². The Morgan fingerprint density at radius 1 is 1.47 bits per heavy atom. The molecular weight excluding hydrogens is 246 g/mol. The van der Waals surface area contributed by atoms with Crippen LogP contribution in [-0.2, 0) is 4.79 Å². The first-order valence-corrected chi connectivity index (χ1v) is 6.15. The molecule has 0 radical (unpaired) electrons. The Labute approximate surface area is 112 Å². The molecule has 19 heavy (non-hydrogen) atoms. The summed E-state index contributed by atoms with van der Waals surface area (Å²) >= 11 is 0. The van der Waals surface area contributed by atoms with E-state index in [9.17, 15) is 4.79 Å². The quantitative estimate of drug-likeness (QED) is 0.815. The fourth-order valence-corrected chi connectivity index (χ4v) is 2.19. The lowest BCUT2D eigenvalue weighted by atomic mass is 9.99. The smallest absolute Gasteiger partial charge is 0.245 e. The van der Waals surface area contributed by atoms with Crippen molar-refractivity contribution < 1.29 is 9.53 Å². The van der Waals surface area contributed by atoms with Crippen molar-refractivity contribution in [3.05, 3.63) is 6.33 Å². The van der Waals surface area contributed by atoms with Gasteiger partial charge in [0.1, 0.15) is 11.9 Å². The first-order chi connectivity index (χ1) is 9.02. The van der Waals surface area contributed by atoms with Gasteiger partial charge in [0.05, 0.1) is 7.11 Å². The molecule has 0 aromatic carbocycles. The Hall–Kier alpha value is -2.05. The minimum atomic E-state index is -0.676. The van der Waals surface area contributed by atoms with Crippen molar-refractivity contribution >= 4 is 17.5 Å². The molecule has 0 unspecified atom stereocenters. The molecule has 1 aromatic heterocycles. The number of piperazine rings is 1. The van der Waals surface area contributed by atoms with Gasteiger partial charge in [-0.05, 0) is 13.8 Å². The summed E-state index contributed by atoms with van der Waals surface area (Å²) < 4.78 is 5.39. The molecule has 1 aromatic rings. The number of carbonyl (C=O) groups is 1. The van der Waals surface area contributed by atoms with Crippen LogP contribution in [0.15, 0.2) is 6.33 Å². The molecule has 0 bridgehead atoms. The minimum Gasteiger partial charge on any atom is -0.490 e. The van der Waals surface area contributed by atoms with Crippen molar-refractivity contribution in [3.8, 4) is 5.75 Å². The van der Waals surface area contributed by atoms with Crippen LogP contribution in [0.2, 0.25) is 0 Å². The number of anilines is 2. The first-order valence-electron chi connectivity index (χ1n) is 6.15. The van der Waals surface area contributed by atoms with Gasteiger partial charge in [-0.25, -0.2) is 9.97 Å². The van der Waals surface area contributed by atoms with Gasteiger partial charge in [0, 0.05) is 20.1 Å². The van der Waals surface area contributed by atoms with Crippen LogP contribution in [0.1, 0.15) is 13.8 Å². The molecule has 7 heteroatoms. The van der Waals surface area contributed by atoms with E-state index < -0.39 is 5.54 Å².